The quantitative estimate of drug-likeness (QED) is 0.847. The van der Waals surface area contributed by atoms with E-state index in [9.17, 15) is 22.8 Å². The summed E-state index contributed by atoms with van der Waals surface area (Å²) in [6, 6.07) is 6.19. The van der Waals surface area contributed by atoms with Gasteiger partial charge in [0.2, 0.25) is 0 Å². The summed E-state index contributed by atoms with van der Waals surface area (Å²) in [7, 11) is 0. The molecule has 5 nitrogen and oxygen atoms in total. The molecule has 0 aliphatic rings. The van der Waals surface area contributed by atoms with Crippen LogP contribution in [0.15, 0.2) is 30.3 Å². The van der Waals surface area contributed by atoms with Crippen molar-refractivity contribution in [1.82, 2.24) is 5.32 Å². The Bertz CT molecular complexity index is 476. The average molecular weight is 305 g/mol. The van der Waals surface area contributed by atoms with Gasteiger partial charge in [0, 0.05) is 6.42 Å². The fourth-order valence-electron chi connectivity index (χ4n) is 1.49. The van der Waals surface area contributed by atoms with Crippen LogP contribution in [0.4, 0.5) is 18.0 Å². The van der Waals surface area contributed by atoms with Crippen LogP contribution in [0.1, 0.15) is 18.4 Å². The molecule has 0 aliphatic carbocycles. The van der Waals surface area contributed by atoms with Crippen molar-refractivity contribution < 1.29 is 32.6 Å². The van der Waals surface area contributed by atoms with E-state index in [1.54, 1.807) is 35.6 Å². The molecule has 8 heteroatoms. The number of carbonyl (C=O) groups is 2. The van der Waals surface area contributed by atoms with Crippen LogP contribution in [0.3, 0.4) is 0 Å². The highest BCUT2D eigenvalue weighted by molar-refractivity contribution is 5.68. The number of hydrogen-bond acceptors (Lipinski definition) is 3. The highest BCUT2D eigenvalue weighted by Gasteiger charge is 2.41. The third kappa shape index (κ3) is 6.64. The molecule has 1 rings (SSSR count). The van der Waals surface area contributed by atoms with E-state index < -0.39 is 37.1 Å². The highest BCUT2D eigenvalue weighted by atomic mass is 19.4. The number of hydrogen-bond donors (Lipinski definition) is 2. The Kier molecular flexibility index (Phi) is 6.01. The maximum Gasteiger partial charge on any atom is 0.408 e. The van der Waals surface area contributed by atoms with E-state index >= 15 is 0 Å². The first-order valence-electron chi connectivity index (χ1n) is 6.04. The molecule has 1 aromatic rings. The Hall–Kier alpha value is -2.25. The summed E-state index contributed by atoms with van der Waals surface area (Å²) in [4.78, 5) is 21.7. The van der Waals surface area contributed by atoms with Gasteiger partial charge in [-0.05, 0) is 12.0 Å². The lowest BCUT2D eigenvalue weighted by Gasteiger charge is -2.20. The number of carboxylic acid groups (broad SMARTS) is 1. The first-order chi connectivity index (χ1) is 9.79. The van der Waals surface area contributed by atoms with Crippen LogP contribution in [0.25, 0.3) is 0 Å². The number of alkyl carbamates (subject to hydrolysis) is 1. The monoisotopic (exact) mass is 305 g/mol. The van der Waals surface area contributed by atoms with Crippen LogP contribution in [-0.2, 0) is 16.1 Å². The fraction of sp³-hybridized carbons (Fsp3) is 0.385. The van der Waals surface area contributed by atoms with E-state index in [0.717, 1.165) is 0 Å². The minimum atomic E-state index is -4.73. The first kappa shape index (κ1) is 16.8. The van der Waals surface area contributed by atoms with Gasteiger partial charge in [-0.2, -0.15) is 13.2 Å². The maximum atomic E-state index is 12.6. The van der Waals surface area contributed by atoms with Crippen molar-refractivity contribution in [3.8, 4) is 0 Å². The Labute approximate surface area is 118 Å². The minimum Gasteiger partial charge on any atom is -0.481 e. The molecule has 0 aromatic heterocycles. The molecular weight excluding hydrogens is 291 g/mol. The van der Waals surface area contributed by atoms with Crippen molar-refractivity contribution in [3.63, 3.8) is 0 Å². The summed E-state index contributed by atoms with van der Waals surface area (Å²) in [5.74, 6) is -1.37. The number of carbonyl (C=O) groups excluding carboxylic acids is 1. The van der Waals surface area contributed by atoms with Crippen LogP contribution in [0.5, 0.6) is 0 Å². The summed E-state index contributed by atoms with van der Waals surface area (Å²) in [5, 5.41) is 10.0. The smallest absolute Gasteiger partial charge is 0.408 e. The lowest BCUT2D eigenvalue weighted by Crippen LogP contribution is -2.45. The lowest BCUT2D eigenvalue weighted by atomic mass is 10.1. The molecule has 116 valence electrons. The second kappa shape index (κ2) is 7.51. The van der Waals surface area contributed by atoms with E-state index in [1.807, 2.05) is 0 Å². The van der Waals surface area contributed by atoms with Crippen molar-refractivity contribution in [1.29, 1.82) is 0 Å². The normalized spacial score (nSPS) is 12.5. The van der Waals surface area contributed by atoms with Gasteiger partial charge in [0.15, 0.2) is 0 Å². The zero-order chi connectivity index (χ0) is 15.9. The highest BCUT2D eigenvalue weighted by Crippen LogP contribution is 2.23. The van der Waals surface area contributed by atoms with E-state index in [1.165, 1.54) is 0 Å². The summed E-state index contributed by atoms with van der Waals surface area (Å²) >= 11 is 0. The van der Waals surface area contributed by atoms with Crippen LogP contribution < -0.4 is 5.32 Å². The number of carboxylic acids is 1. The second-order valence-corrected chi connectivity index (χ2v) is 4.23. The van der Waals surface area contributed by atoms with Gasteiger partial charge in [-0.1, -0.05) is 30.3 Å². The molecule has 0 spiro atoms. The zero-order valence-corrected chi connectivity index (χ0v) is 10.9. The van der Waals surface area contributed by atoms with E-state index in [2.05, 4.69) is 4.74 Å². The van der Waals surface area contributed by atoms with E-state index in [-0.39, 0.29) is 6.61 Å². The van der Waals surface area contributed by atoms with Gasteiger partial charge < -0.3 is 15.2 Å². The van der Waals surface area contributed by atoms with Gasteiger partial charge in [-0.3, -0.25) is 4.79 Å². The van der Waals surface area contributed by atoms with Crippen LogP contribution >= 0.6 is 0 Å². The molecule has 0 bridgehead atoms. The summed E-state index contributed by atoms with van der Waals surface area (Å²) in [6.45, 7) is -0.170. The molecule has 1 atom stereocenters. The number of ether oxygens (including phenoxy) is 1. The standard InChI is InChI=1S/C13H14F3NO4/c14-13(15,16)10(6-7-11(18)19)17-12(20)21-8-9-4-2-1-3-5-9/h1-5,10H,6-8H2,(H,17,20)(H,18,19)/t10-/m1/s1. The van der Waals surface area contributed by atoms with Crippen LogP contribution in [0, 0.1) is 0 Å². The number of aliphatic carboxylic acids is 1. The zero-order valence-electron chi connectivity index (χ0n) is 10.9. The number of halogens is 3. The van der Waals surface area contributed by atoms with Gasteiger partial charge in [0.1, 0.15) is 12.6 Å². The molecule has 0 fully saturated rings. The Morgan fingerprint density at radius 1 is 1.24 bits per heavy atom. The molecule has 1 amide bonds. The molecule has 2 N–H and O–H groups in total. The Balaban J connectivity index is 2.50. The average Bonchev–Trinajstić information content (AvgIpc) is 2.41. The van der Waals surface area contributed by atoms with Gasteiger partial charge >= 0.3 is 18.2 Å². The van der Waals surface area contributed by atoms with E-state index in [0.29, 0.717) is 5.56 Å². The van der Waals surface area contributed by atoms with Crippen molar-refractivity contribution in [2.24, 2.45) is 0 Å². The fourth-order valence-corrected chi connectivity index (χ4v) is 1.49. The molecular formula is C13H14F3NO4. The molecule has 21 heavy (non-hydrogen) atoms. The number of amides is 1. The SMILES string of the molecule is O=C(O)CC[C@@H](NC(=O)OCc1ccccc1)C(F)(F)F. The first-order valence-corrected chi connectivity index (χ1v) is 6.04. The largest absolute Gasteiger partial charge is 0.481 e. The molecule has 0 radical (unpaired) electrons. The Morgan fingerprint density at radius 3 is 2.38 bits per heavy atom. The topological polar surface area (TPSA) is 75.6 Å². The van der Waals surface area contributed by atoms with Gasteiger partial charge in [0.25, 0.3) is 0 Å². The summed E-state index contributed by atoms with van der Waals surface area (Å²) < 4.78 is 42.6. The molecule has 1 aromatic carbocycles. The minimum absolute atomic E-state index is 0.170. The van der Waals surface area contributed by atoms with Crippen molar-refractivity contribution in [3.05, 3.63) is 35.9 Å². The predicted molar refractivity (Wildman–Crippen MR) is 66.5 cm³/mol. The van der Waals surface area contributed by atoms with Crippen molar-refractivity contribution in [2.75, 3.05) is 0 Å². The molecule has 0 saturated heterocycles. The van der Waals surface area contributed by atoms with Gasteiger partial charge in [0.05, 0.1) is 0 Å². The molecule has 0 unspecified atom stereocenters. The van der Waals surface area contributed by atoms with Gasteiger partial charge in [-0.25, -0.2) is 4.79 Å². The van der Waals surface area contributed by atoms with Crippen LogP contribution in [0.2, 0.25) is 0 Å². The molecule has 0 heterocycles. The van der Waals surface area contributed by atoms with Crippen LogP contribution in [-0.4, -0.2) is 29.4 Å². The molecule has 0 saturated carbocycles. The number of alkyl halides is 3. The van der Waals surface area contributed by atoms with Crippen molar-refractivity contribution >= 4 is 12.1 Å². The predicted octanol–water partition coefficient (Wildman–Crippen LogP) is 2.71. The number of benzene rings is 1. The summed E-state index contributed by atoms with van der Waals surface area (Å²) in [6.07, 6.45) is -7.43. The van der Waals surface area contributed by atoms with Gasteiger partial charge in [-0.15, -0.1) is 0 Å². The lowest BCUT2D eigenvalue weighted by molar-refractivity contribution is -0.158. The molecule has 0 aliphatic heterocycles. The Morgan fingerprint density at radius 2 is 1.86 bits per heavy atom. The number of rotatable bonds is 6. The number of nitrogens with one attached hydrogen (secondary N) is 1. The third-order valence-electron chi connectivity index (χ3n) is 2.55. The third-order valence-corrected chi connectivity index (χ3v) is 2.55. The van der Waals surface area contributed by atoms with E-state index in [4.69, 9.17) is 5.11 Å². The van der Waals surface area contributed by atoms with Crippen molar-refractivity contribution in [2.45, 2.75) is 31.7 Å². The maximum absolute atomic E-state index is 12.6. The second-order valence-electron chi connectivity index (χ2n) is 4.23. The summed E-state index contributed by atoms with van der Waals surface area (Å²) in [5.41, 5.74) is 0.627.